The van der Waals surface area contributed by atoms with Gasteiger partial charge in [0.2, 0.25) is 0 Å². The lowest BCUT2D eigenvalue weighted by molar-refractivity contribution is 2.19. The van der Waals surface area contributed by atoms with Gasteiger partial charge in [0.25, 0.3) is 0 Å². The van der Waals surface area contributed by atoms with Crippen molar-refractivity contribution in [3.63, 3.8) is 0 Å². The van der Waals surface area contributed by atoms with Gasteiger partial charge in [-0.15, -0.1) is 0 Å². The first-order valence-electron chi connectivity index (χ1n) is 4.14. The highest BCUT2D eigenvalue weighted by molar-refractivity contribution is 14.2. The van der Waals surface area contributed by atoms with Gasteiger partial charge in [-0.2, -0.15) is 21.6 Å². The SMILES string of the molecule is CS(C)(C)I.CS(C)(C)I.CS(C)(C)I. The molecular weight excluding hydrogens is 585 g/mol. The second-order valence-electron chi connectivity index (χ2n) is 5.06. The molecule has 0 aliphatic carbocycles. The Balaban J connectivity index is -0.000000144. The second kappa shape index (κ2) is 10.1. The third-order valence-electron chi connectivity index (χ3n) is 0. The summed E-state index contributed by atoms with van der Waals surface area (Å²) in [6.45, 7) is 0. The molecule has 0 aromatic rings. The van der Waals surface area contributed by atoms with E-state index in [0.29, 0.717) is 0 Å². The summed E-state index contributed by atoms with van der Waals surface area (Å²) in [5.41, 5.74) is 0. The van der Waals surface area contributed by atoms with E-state index >= 15 is 0 Å². The van der Waals surface area contributed by atoms with Crippen LogP contribution >= 0.6 is 85.2 Å². The van der Waals surface area contributed by atoms with Crippen LogP contribution in [0.2, 0.25) is 0 Å². The maximum atomic E-state index is 2.46. The zero-order valence-corrected chi connectivity index (χ0v) is 20.3. The molecule has 0 rings (SSSR count). The summed E-state index contributed by atoms with van der Waals surface area (Å²) in [4.78, 5) is 0. The van der Waals surface area contributed by atoms with Gasteiger partial charge in [0, 0.05) is 0 Å². The monoisotopic (exact) mass is 612 g/mol. The number of hydrogen-bond acceptors (Lipinski definition) is 0. The fraction of sp³-hybridized carbons (Fsp3) is 1.00. The van der Waals surface area contributed by atoms with Crippen LogP contribution in [0.25, 0.3) is 0 Å². The first kappa shape index (κ1) is 23.3. The predicted molar refractivity (Wildman–Crippen MR) is 118 cm³/mol. The van der Waals surface area contributed by atoms with Crippen LogP contribution in [0, 0.1) is 0 Å². The maximum Gasteiger partial charge on any atom is -0.0261 e. The quantitative estimate of drug-likeness (QED) is 0.291. The van der Waals surface area contributed by atoms with Gasteiger partial charge in [0.05, 0.1) is 0 Å². The molecule has 0 aliphatic heterocycles. The average Bonchev–Trinajstić information content (AvgIpc) is 1.41. The third-order valence-corrected chi connectivity index (χ3v) is 0. The van der Waals surface area contributed by atoms with E-state index in [1.807, 2.05) is 0 Å². The highest BCUT2D eigenvalue weighted by Gasteiger charge is 1.90. The molecule has 0 spiro atoms. The van der Waals surface area contributed by atoms with Crippen LogP contribution < -0.4 is 0 Å². The van der Waals surface area contributed by atoms with Gasteiger partial charge in [-0.3, -0.25) is 0 Å². The van der Waals surface area contributed by atoms with Crippen molar-refractivity contribution in [2.75, 3.05) is 56.3 Å². The summed E-state index contributed by atoms with van der Waals surface area (Å²) >= 11 is 7.38. The molecule has 0 nitrogen and oxygen atoms in total. The molecule has 0 saturated heterocycles. The Bertz CT molecular complexity index is 95.6. The maximum absolute atomic E-state index is 2.46. The van der Waals surface area contributed by atoms with Crippen molar-refractivity contribution in [2.45, 2.75) is 0 Å². The van der Waals surface area contributed by atoms with E-state index in [0.717, 1.165) is 0 Å². The Morgan fingerprint density at radius 2 is 0.400 bits per heavy atom. The van der Waals surface area contributed by atoms with Crippen LogP contribution in [0.5, 0.6) is 0 Å². The highest BCUT2D eigenvalue weighted by Crippen LogP contribution is 2.44. The topological polar surface area (TPSA) is 0 Å². The van der Waals surface area contributed by atoms with Gasteiger partial charge in [0.15, 0.2) is 0 Å². The van der Waals surface area contributed by atoms with Gasteiger partial charge in [-0.05, 0) is 120 Å². The summed E-state index contributed by atoms with van der Waals surface area (Å²) in [6, 6.07) is 0. The van der Waals surface area contributed by atoms with Gasteiger partial charge in [-0.25, -0.2) is 0 Å². The largest absolute Gasteiger partial charge is 0.196 e. The Morgan fingerprint density at radius 3 is 0.400 bits per heavy atom. The molecule has 0 atom stereocenters. The molecule has 0 fully saturated rings. The molecule has 102 valence electrons. The van der Waals surface area contributed by atoms with E-state index in [2.05, 4.69) is 120 Å². The molecule has 0 heterocycles. The molecule has 6 heteroatoms. The summed E-state index contributed by atoms with van der Waals surface area (Å²) in [7, 11) is -0.590. The molecule has 0 bridgehead atoms. The van der Waals surface area contributed by atoms with Crippen molar-refractivity contribution >= 4 is 85.2 Å². The van der Waals surface area contributed by atoms with Gasteiger partial charge in [-0.1, -0.05) is 0 Å². The molecule has 0 N–H and O–H groups in total. The molecule has 0 aliphatic rings. The molecule has 0 saturated carbocycles. The molecule has 0 aromatic carbocycles. The lowest BCUT2D eigenvalue weighted by Gasteiger charge is -2.11. The van der Waals surface area contributed by atoms with E-state index < -0.39 is 0 Å². The van der Waals surface area contributed by atoms with Crippen molar-refractivity contribution in [1.82, 2.24) is 0 Å². The van der Waals surface area contributed by atoms with Crippen LogP contribution in [0.3, 0.4) is 0 Å². The standard InChI is InChI=1S/3C3H9IS/c3*1-5(2,3)4/h3*1-3H3. The van der Waals surface area contributed by atoms with Crippen molar-refractivity contribution in [3.8, 4) is 0 Å². The van der Waals surface area contributed by atoms with E-state index in [1.165, 1.54) is 0 Å². The Labute approximate surface area is 139 Å². The first-order valence-corrected chi connectivity index (χ1v) is 20.3. The fourth-order valence-electron chi connectivity index (χ4n) is 0. The predicted octanol–water partition coefficient (Wildman–Crippen LogP) is 6.09. The van der Waals surface area contributed by atoms with Gasteiger partial charge >= 0.3 is 0 Å². The molecular formula is C9H27I3S3. The van der Waals surface area contributed by atoms with Crippen LogP contribution in [0.15, 0.2) is 0 Å². The van der Waals surface area contributed by atoms with E-state index in [9.17, 15) is 0 Å². The van der Waals surface area contributed by atoms with Crippen LogP contribution in [-0.4, -0.2) is 56.3 Å². The van der Waals surface area contributed by atoms with Crippen LogP contribution in [0.1, 0.15) is 0 Å². The smallest absolute Gasteiger partial charge is 0.0261 e. The minimum absolute atomic E-state index is 0.197. The molecule has 15 heavy (non-hydrogen) atoms. The summed E-state index contributed by atoms with van der Waals surface area (Å²) in [6.07, 6.45) is 20.3. The fourth-order valence-corrected chi connectivity index (χ4v) is 0. The minimum atomic E-state index is -0.197. The minimum Gasteiger partial charge on any atom is -0.196 e. The zero-order valence-electron chi connectivity index (χ0n) is 11.4. The number of halogens is 3. The lowest BCUT2D eigenvalue weighted by atomic mass is 11.9. The number of hydrogen-bond donors (Lipinski definition) is 0. The van der Waals surface area contributed by atoms with Crippen molar-refractivity contribution in [1.29, 1.82) is 0 Å². The van der Waals surface area contributed by atoms with Crippen molar-refractivity contribution < 1.29 is 0 Å². The van der Waals surface area contributed by atoms with Gasteiger partial charge < -0.3 is 0 Å². The van der Waals surface area contributed by atoms with E-state index in [4.69, 9.17) is 0 Å². The molecule has 0 aromatic heterocycles. The summed E-state index contributed by atoms with van der Waals surface area (Å²) in [5, 5.41) is 0. The summed E-state index contributed by atoms with van der Waals surface area (Å²) in [5.74, 6) is 0. The molecule has 0 radical (unpaired) electrons. The second-order valence-corrected chi connectivity index (χ2v) is 39.0. The van der Waals surface area contributed by atoms with E-state index in [1.54, 1.807) is 0 Å². The highest BCUT2D eigenvalue weighted by atomic mass is 127. The first-order chi connectivity index (χ1) is 6.00. The van der Waals surface area contributed by atoms with Gasteiger partial charge in [0.1, 0.15) is 0 Å². The molecule has 0 amide bonds. The van der Waals surface area contributed by atoms with Crippen molar-refractivity contribution in [2.24, 2.45) is 0 Å². The van der Waals surface area contributed by atoms with E-state index in [-0.39, 0.29) is 21.6 Å². The normalized spacial score (nSPS) is 15.2. The Hall–Kier alpha value is 3.24. The Kier molecular flexibility index (Phi) is 15.7. The van der Waals surface area contributed by atoms with Crippen molar-refractivity contribution in [3.05, 3.63) is 0 Å². The van der Waals surface area contributed by atoms with Crippen LogP contribution in [-0.2, 0) is 0 Å². The lowest BCUT2D eigenvalue weighted by Crippen LogP contribution is -1.72. The average molecular weight is 612 g/mol. The molecule has 0 unspecified atom stereocenters. The number of rotatable bonds is 0. The third kappa shape index (κ3) is 381. The Morgan fingerprint density at radius 1 is 0.400 bits per heavy atom. The zero-order chi connectivity index (χ0) is 13.5. The van der Waals surface area contributed by atoms with Crippen LogP contribution in [0.4, 0.5) is 0 Å². The summed E-state index contributed by atoms with van der Waals surface area (Å²) < 4.78 is 0.